The van der Waals surface area contributed by atoms with Crippen molar-refractivity contribution in [2.24, 2.45) is 0 Å². The normalized spacial score (nSPS) is 21.4. The van der Waals surface area contributed by atoms with Crippen LogP contribution in [0.2, 0.25) is 41.5 Å². The Morgan fingerprint density at radius 3 is 1.64 bits per heavy atom. The average Bonchev–Trinajstić information content (AvgIpc) is 3.12. The molecule has 0 saturated heterocycles. The van der Waals surface area contributed by atoms with Crippen LogP contribution >= 0.6 is 24.8 Å². The molecule has 0 aromatic carbocycles. The fourth-order valence-corrected chi connectivity index (χ4v) is 86.0. The van der Waals surface area contributed by atoms with Crippen molar-refractivity contribution >= 4 is 45.9 Å². The van der Waals surface area contributed by atoms with Crippen LogP contribution in [0, 0.1) is 0 Å². The Bertz CT molecular complexity index is 764. The molecule has 2 aliphatic carbocycles. The van der Waals surface area contributed by atoms with E-state index in [9.17, 15) is 0 Å². The first-order valence-corrected chi connectivity index (χ1v) is 33.3. The van der Waals surface area contributed by atoms with E-state index in [0.717, 1.165) is 12.8 Å². The van der Waals surface area contributed by atoms with E-state index in [1.54, 1.807) is 6.56 Å². The standard InChI is InChI=1S/2C5H5.C3H9OSi.C2H7Si.C2H5.CH3.2ClH.H2Si.Zr/c2*1-2-4-5-3-1;1-5(2,3)4;1-3-2;1-2;;;;;/h2*1-3H,4H2;1-3H3;3H,1-2H3;1H2,2H3;1H3;2*1H;1H2;/q;;-1;;;;;;;+1. The number of halogens is 2. The number of hydrogen-bond donors (Lipinski definition) is 0. The molecule has 0 aromatic rings. The van der Waals surface area contributed by atoms with Crippen molar-refractivity contribution in [1.82, 2.24) is 0 Å². The van der Waals surface area contributed by atoms with Gasteiger partial charge in [0.25, 0.3) is 0 Å². The zero-order valence-corrected chi connectivity index (χ0v) is 24.8. The molecule has 0 atom stereocenters. The zero-order chi connectivity index (χ0) is 17.7. The van der Waals surface area contributed by atoms with Gasteiger partial charge in [-0.2, -0.15) is 0 Å². The maximum Gasteiger partial charge on any atom is -0.147 e. The van der Waals surface area contributed by atoms with Gasteiger partial charge in [0.2, 0.25) is 0 Å². The van der Waals surface area contributed by atoms with Crippen molar-refractivity contribution in [2.75, 3.05) is 0 Å². The van der Waals surface area contributed by atoms with Crippen LogP contribution in [-0.4, -0.2) is 21.1 Å². The molecule has 7 heteroatoms. The monoisotopic (exact) mass is 514 g/mol. The first-order valence-electron chi connectivity index (χ1n) is 9.20. The minimum atomic E-state index is -4.69. The maximum absolute atomic E-state index is 7.75. The summed E-state index contributed by atoms with van der Waals surface area (Å²) < 4.78 is 15.0. The number of rotatable bonds is 6. The SMILES string of the molecule is C[CH2][Zr]([CH3])(=[SiH2])([O][Si](C)(C)C)([C]1=CC=CC1)([C]1=CC=CC1)[SiH](C)C.Cl.Cl. The van der Waals surface area contributed by atoms with Gasteiger partial charge < -0.3 is 0 Å². The third kappa shape index (κ3) is 3.05. The van der Waals surface area contributed by atoms with Crippen LogP contribution in [0.25, 0.3) is 0 Å². The Labute approximate surface area is 165 Å². The van der Waals surface area contributed by atoms with E-state index in [1.165, 1.54) is 4.13 Å². The Hall–Kier alpha value is 1.03. The first-order chi connectivity index (χ1) is 10.3. The number of allylic oxidation sites excluding steroid dienone is 8. The summed E-state index contributed by atoms with van der Waals surface area (Å²) in [6, 6.07) is 0. The molecule has 2 rings (SSSR count). The molecule has 0 heterocycles. The van der Waals surface area contributed by atoms with Crippen LogP contribution in [-0.2, 0) is 16.5 Å². The summed E-state index contributed by atoms with van der Waals surface area (Å²) in [5, 5.41) is 0. The fraction of sp³-hybridized carbons (Fsp3) is 0.556. The summed E-state index contributed by atoms with van der Waals surface area (Å²) >= 11 is -4.69. The van der Waals surface area contributed by atoms with Gasteiger partial charge in [-0.1, -0.05) is 0 Å². The van der Waals surface area contributed by atoms with Gasteiger partial charge in [-0.15, -0.1) is 24.8 Å². The Balaban J connectivity index is 0.00000288. The third-order valence-electron chi connectivity index (χ3n) is 8.27. The molecule has 0 unspecified atom stereocenters. The molecule has 0 aliphatic heterocycles. The van der Waals surface area contributed by atoms with E-state index < -0.39 is 28.3 Å². The van der Waals surface area contributed by atoms with Gasteiger partial charge in [-0.25, -0.2) is 0 Å². The van der Waals surface area contributed by atoms with Crippen molar-refractivity contribution < 1.29 is 16.5 Å². The van der Waals surface area contributed by atoms with Crippen LogP contribution in [0.3, 0.4) is 0 Å². The summed E-state index contributed by atoms with van der Waals surface area (Å²) in [6.45, 7) is 17.2. The van der Waals surface area contributed by atoms with E-state index in [1.807, 2.05) is 0 Å². The molecular weight excluding hydrogens is 479 g/mol. The second kappa shape index (κ2) is 6.54. The van der Waals surface area contributed by atoms with Crippen LogP contribution in [0.1, 0.15) is 19.8 Å². The fourth-order valence-electron chi connectivity index (χ4n) is 5.69. The quantitative estimate of drug-likeness (QED) is 0.390. The first kappa shape index (κ1) is 26.0. The smallest absolute Gasteiger partial charge is 0.147 e. The summed E-state index contributed by atoms with van der Waals surface area (Å²) in [5.74, 6) is -1.19. The summed E-state index contributed by atoms with van der Waals surface area (Å²) in [4.78, 5) is 0. The van der Waals surface area contributed by atoms with Crippen molar-refractivity contribution in [1.29, 1.82) is 0 Å². The predicted molar refractivity (Wildman–Crippen MR) is 126 cm³/mol. The molecular formula is C18H38Cl2OSi3Zr. The van der Waals surface area contributed by atoms with Gasteiger partial charge in [0.1, 0.15) is 0 Å². The van der Waals surface area contributed by atoms with Crippen LogP contribution < -0.4 is 0 Å². The van der Waals surface area contributed by atoms with Crippen LogP contribution in [0.15, 0.2) is 43.0 Å². The zero-order valence-electron chi connectivity index (χ0n) is 17.1. The molecule has 0 N–H and O–H groups in total. The van der Waals surface area contributed by atoms with E-state index in [4.69, 9.17) is 2.50 Å². The van der Waals surface area contributed by atoms with Gasteiger partial charge in [0.15, 0.2) is 0 Å². The Kier molecular flexibility index (Phi) is 6.81. The molecule has 1 nitrogen and oxygen atoms in total. The van der Waals surface area contributed by atoms with Gasteiger partial charge in [0, 0.05) is 0 Å². The van der Waals surface area contributed by atoms with Gasteiger partial charge >= 0.3 is 142 Å². The van der Waals surface area contributed by atoms with Crippen molar-refractivity contribution in [3.63, 3.8) is 0 Å². The largest absolute Gasteiger partial charge is 0.147 e. The third-order valence-corrected chi connectivity index (χ3v) is 112. The average molecular weight is 517 g/mol. The van der Waals surface area contributed by atoms with Gasteiger partial charge in [0.05, 0.1) is 0 Å². The number of hydrogen-bond acceptors (Lipinski definition) is 1. The molecule has 0 aromatic heterocycles. The molecule has 0 amide bonds. The van der Waals surface area contributed by atoms with Crippen molar-refractivity contribution in [2.45, 2.75) is 61.3 Å². The van der Waals surface area contributed by atoms with Gasteiger partial charge in [-0.05, 0) is 0 Å². The minimum absolute atomic E-state index is 0. The second-order valence-electron chi connectivity index (χ2n) is 10.5. The Morgan fingerprint density at radius 2 is 1.44 bits per heavy atom. The molecule has 0 spiro atoms. The van der Waals surface area contributed by atoms with E-state index >= 15 is 0 Å². The molecule has 2 aliphatic rings. The predicted octanol–water partition coefficient (Wildman–Crippen LogP) is 6.06. The Morgan fingerprint density at radius 1 is 1.04 bits per heavy atom. The molecule has 0 fully saturated rings. The van der Waals surface area contributed by atoms with Crippen molar-refractivity contribution in [3.8, 4) is 0 Å². The van der Waals surface area contributed by atoms with E-state index in [-0.39, 0.29) is 24.8 Å². The summed E-state index contributed by atoms with van der Waals surface area (Å²) in [7, 11) is -1.74. The maximum atomic E-state index is 7.75. The van der Waals surface area contributed by atoms with Crippen molar-refractivity contribution in [3.05, 3.63) is 43.0 Å². The summed E-state index contributed by atoms with van der Waals surface area (Å²) in [6.07, 6.45) is 16.4. The van der Waals surface area contributed by atoms with E-state index in [2.05, 4.69) is 87.6 Å². The topological polar surface area (TPSA) is 9.23 Å². The summed E-state index contributed by atoms with van der Waals surface area (Å²) in [5.41, 5.74) is 0. The van der Waals surface area contributed by atoms with Crippen LogP contribution in [0.5, 0.6) is 0 Å². The molecule has 25 heavy (non-hydrogen) atoms. The molecule has 146 valence electrons. The van der Waals surface area contributed by atoms with Gasteiger partial charge in [-0.3, -0.25) is 0 Å². The minimum Gasteiger partial charge on any atom is -0.147 e. The second-order valence-corrected chi connectivity index (χ2v) is 85.6. The molecule has 0 radical (unpaired) electrons. The van der Waals surface area contributed by atoms with E-state index in [0.29, 0.717) is 0 Å². The molecule has 0 saturated carbocycles. The molecule has 0 bridgehead atoms. The van der Waals surface area contributed by atoms with Crippen LogP contribution in [0.4, 0.5) is 0 Å².